The highest BCUT2D eigenvalue weighted by atomic mass is 16.5. The number of hydrogen-bond donors (Lipinski definition) is 1. The normalized spacial score (nSPS) is 10.8. The maximum atomic E-state index is 12.5. The Kier molecular flexibility index (Phi) is 6.24. The van der Waals surface area contributed by atoms with E-state index in [4.69, 9.17) is 10.00 Å². The number of amides is 1. The fraction of sp³-hybridized carbons (Fsp3) is 0.0741. The lowest BCUT2D eigenvalue weighted by atomic mass is 10.0. The highest BCUT2D eigenvalue weighted by molar-refractivity contribution is 6.03. The van der Waals surface area contributed by atoms with Gasteiger partial charge in [-0.05, 0) is 53.1 Å². The molecular weight excluding hydrogens is 398 g/mol. The molecule has 0 heterocycles. The van der Waals surface area contributed by atoms with Gasteiger partial charge >= 0.3 is 0 Å². The van der Waals surface area contributed by atoms with Crippen LogP contribution in [0.3, 0.4) is 0 Å². The summed E-state index contributed by atoms with van der Waals surface area (Å²) in [7, 11) is 0. The second-order valence-corrected chi connectivity index (χ2v) is 7.31. The third-order valence-electron chi connectivity index (χ3n) is 5.16. The van der Waals surface area contributed by atoms with Gasteiger partial charge < -0.3 is 4.74 Å². The second-order valence-electron chi connectivity index (χ2n) is 7.31. The van der Waals surface area contributed by atoms with Crippen LogP contribution in [-0.2, 0) is 6.61 Å². The van der Waals surface area contributed by atoms with Crippen molar-refractivity contribution in [2.45, 2.75) is 13.5 Å². The van der Waals surface area contributed by atoms with Gasteiger partial charge in [0.2, 0.25) is 0 Å². The molecule has 0 fully saturated rings. The van der Waals surface area contributed by atoms with Crippen molar-refractivity contribution in [1.82, 2.24) is 5.43 Å². The zero-order valence-corrected chi connectivity index (χ0v) is 17.6. The van der Waals surface area contributed by atoms with Crippen molar-refractivity contribution in [2.75, 3.05) is 0 Å². The summed E-state index contributed by atoms with van der Waals surface area (Å²) >= 11 is 0. The van der Waals surface area contributed by atoms with Gasteiger partial charge in [0.15, 0.2) is 0 Å². The van der Waals surface area contributed by atoms with Gasteiger partial charge in [-0.1, -0.05) is 60.7 Å². The Balaban J connectivity index is 1.58. The number of hydrazone groups is 1. The number of aryl methyl sites for hydroxylation is 1. The molecule has 4 aromatic carbocycles. The van der Waals surface area contributed by atoms with Gasteiger partial charge in [0.05, 0.1) is 17.8 Å². The average molecular weight is 419 g/mol. The SMILES string of the molecule is Cc1ccccc1C(=O)N/N=C\c1c(OCc2ccc(C#N)cc2)ccc2ccccc12. The summed E-state index contributed by atoms with van der Waals surface area (Å²) in [5.74, 6) is 0.390. The van der Waals surface area contributed by atoms with Crippen LogP contribution in [0.2, 0.25) is 0 Å². The first-order chi connectivity index (χ1) is 15.7. The van der Waals surface area contributed by atoms with E-state index in [1.54, 1.807) is 24.4 Å². The molecule has 0 saturated heterocycles. The Labute approximate surface area is 186 Å². The molecule has 0 radical (unpaired) electrons. The molecule has 5 nitrogen and oxygen atoms in total. The largest absolute Gasteiger partial charge is 0.488 e. The average Bonchev–Trinajstić information content (AvgIpc) is 2.83. The van der Waals surface area contributed by atoms with E-state index in [-0.39, 0.29) is 5.91 Å². The van der Waals surface area contributed by atoms with Crippen molar-refractivity contribution in [3.8, 4) is 11.8 Å². The number of fused-ring (bicyclic) bond motifs is 1. The van der Waals surface area contributed by atoms with E-state index >= 15 is 0 Å². The van der Waals surface area contributed by atoms with Crippen LogP contribution in [0.4, 0.5) is 0 Å². The first-order valence-electron chi connectivity index (χ1n) is 10.2. The molecular formula is C27H21N3O2. The molecule has 1 N–H and O–H groups in total. The smallest absolute Gasteiger partial charge is 0.271 e. The van der Waals surface area contributed by atoms with E-state index in [0.29, 0.717) is 23.5 Å². The van der Waals surface area contributed by atoms with E-state index in [1.165, 1.54) is 0 Å². The minimum absolute atomic E-state index is 0.264. The Bertz CT molecular complexity index is 1340. The zero-order valence-electron chi connectivity index (χ0n) is 17.6. The number of nitrogens with one attached hydrogen (secondary N) is 1. The number of rotatable bonds is 6. The van der Waals surface area contributed by atoms with Crippen LogP contribution in [0.15, 0.2) is 90.0 Å². The summed E-state index contributed by atoms with van der Waals surface area (Å²) in [5, 5.41) is 15.2. The van der Waals surface area contributed by atoms with Gasteiger partial charge in [-0.25, -0.2) is 5.43 Å². The molecule has 0 saturated carbocycles. The molecule has 0 atom stereocenters. The molecule has 0 spiro atoms. The van der Waals surface area contributed by atoms with Gasteiger partial charge in [-0.15, -0.1) is 0 Å². The van der Waals surface area contributed by atoms with Crippen molar-refractivity contribution < 1.29 is 9.53 Å². The number of ether oxygens (including phenoxy) is 1. The van der Waals surface area contributed by atoms with E-state index in [2.05, 4.69) is 16.6 Å². The van der Waals surface area contributed by atoms with Crippen molar-refractivity contribution in [3.63, 3.8) is 0 Å². The topological polar surface area (TPSA) is 74.5 Å². The van der Waals surface area contributed by atoms with Gasteiger partial charge in [-0.2, -0.15) is 10.4 Å². The predicted molar refractivity (Wildman–Crippen MR) is 126 cm³/mol. The number of hydrogen-bond acceptors (Lipinski definition) is 4. The summed E-state index contributed by atoms with van der Waals surface area (Å²) in [6.07, 6.45) is 1.62. The monoisotopic (exact) mass is 419 g/mol. The fourth-order valence-corrected chi connectivity index (χ4v) is 3.41. The van der Waals surface area contributed by atoms with Crippen LogP contribution in [0.5, 0.6) is 5.75 Å². The van der Waals surface area contributed by atoms with Crippen LogP contribution in [0.25, 0.3) is 10.8 Å². The quantitative estimate of drug-likeness (QED) is 0.338. The van der Waals surface area contributed by atoms with E-state index < -0.39 is 0 Å². The number of benzene rings is 4. The Hall–Kier alpha value is -4.43. The molecule has 4 aromatic rings. The molecule has 0 bridgehead atoms. The lowest BCUT2D eigenvalue weighted by Crippen LogP contribution is -2.18. The van der Waals surface area contributed by atoms with Crippen LogP contribution in [0.1, 0.15) is 32.6 Å². The number of carbonyl (C=O) groups excluding carboxylic acids is 1. The van der Waals surface area contributed by atoms with Gasteiger partial charge in [0, 0.05) is 11.1 Å². The molecule has 0 aliphatic rings. The number of nitriles is 1. The molecule has 5 heteroatoms. The third-order valence-corrected chi connectivity index (χ3v) is 5.16. The summed E-state index contributed by atoms with van der Waals surface area (Å²) in [5.41, 5.74) is 6.42. The Morgan fingerprint density at radius 2 is 1.75 bits per heavy atom. The number of carbonyl (C=O) groups is 1. The first kappa shape index (κ1) is 20.8. The van der Waals surface area contributed by atoms with Crippen LogP contribution >= 0.6 is 0 Å². The molecule has 0 aliphatic heterocycles. The molecule has 0 aromatic heterocycles. The van der Waals surface area contributed by atoms with Gasteiger partial charge in [0.25, 0.3) is 5.91 Å². The van der Waals surface area contributed by atoms with Crippen molar-refractivity contribution in [1.29, 1.82) is 5.26 Å². The van der Waals surface area contributed by atoms with Crippen LogP contribution in [0, 0.1) is 18.3 Å². The Morgan fingerprint density at radius 1 is 1.00 bits per heavy atom. The molecule has 156 valence electrons. The highest BCUT2D eigenvalue weighted by Crippen LogP contribution is 2.27. The van der Waals surface area contributed by atoms with Crippen molar-refractivity contribution in [3.05, 3.63) is 113 Å². The standard InChI is InChI=1S/C27H21N3O2/c1-19-6-2-4-8-23(19)27(31)30-29-17-25-24-9-5-3-7-22(24)14-15-26(25)32-18-21-12-10-20(16-28)11-13-21/h2-15,17H,18H2,1H3,(H,30,31)/b29-17-. The minimum atomic E-state index is -0.264. The summed E-state index contributed by atoms with van der Waals surface area (Å²) < 4.78 is 6.08. The lowest BCUT2D eigenvalue weighted by molar-refractivity contribution is 0.0954. The summed E-state index contributed by atoms with van der Waals surface area (Å²) in [6.45, 7) is 2.24. The lowest BCUT2D eigenvalue weighted by Gasteiger charge is -2.12. The minimum Gasteiger partial charge on any atom is -0.488 e. The number of nitrogens with zero attached hydrogens (tertiary/aromatic N) is 2. The van der Waals surface area contributed by atoms with Crippen LogP contribution < -0.4 is 10.2 Å². The molecule has 0 aliphatic carbocycles. The Morgan fingerprint density at radius 3 is 2.53 bits per heavy atom. The predicted octanol–water partition coefficient (Wildman–Crippen LogP) is 5.36. The third kappa shape index (κ3) is 4.66. The second kappa shape index (κ2) is 9.59. The molecule has 1 amide bonds. The molecule has 0 unspecified atom stereocenters. The highest BCUT2D eigenvalue weighted by Gasteiger charge is 2.10. The van der Waals surface area contributed by atoms with Crippen LogP contribution in [-0.4, -0.2) is 12.1 Å². The summed E-state index contributed by atoms with van der Waals surface area (Å²) in [6, 6.07) is 28.6. The maximum Gasteiger partial charge on any atom is 0.271 e. The van der Waals surface area contributed by atoms with Crippen molar-refractivity contribution >= 4 is 22.9 Å². The maximum absolute atomic E-state index is 12.5. The van der Waals surface area contributed by atoms with E-state index in [9.17, 15) is 4.79 Å². The fourth-order valence-electron chi connectivity index (χ4n) is 3.41. The molecule has 4 rings (SSSR count). The van der Waals surface area contributed by atoms with Crippen molar-refractivity contribution in [2.24, 2.45) is 5.10 Å². The first-order valence-corrected chi connectivity index (χ1v) is 10.2. The van der Waals surface area contributed by atoms with E-state index in [0.717, 1.165) is 27.5 Å². The van der Waals surface area contributed by atoms with Gasteiger partial charge in [0.1, 0.15) is 12.4 Å². The van der Waals surface area contributed by atoms with E-state index in [1.807, 2.05) is 73.7 Å². The van der Waals surface area contributed by atoms with Gasteiger partial charge in [-0.3, -0.25) is 4.79 Å². The summed E-state index contributed by atoms with van der Waals surface area (Å²) in [4.78, 5) is 12.5. The molecule has 32 heavy (non-hydrogen) atoms. The zero-order chi connectivity index (χ0) is 22.3.